The Morgan fingerprint density at radius 2 is 1.83 bits per heavy atom. The van der Waals surface area contributed by atoms with Crippen molar-refractivity contribution in [1.29, 1.82) is 0 Å². The van der Waals surface area contributed by atoms with E-state index in [1.807, 2.05) is 24.3 Å². The number of nitrogens with one attached hydrogen (secondary N) is 2. The molecule has 1 aliphatic carbocycles. The zero-order valence-corrected chi connectivity index (χ0v) is 21.3. The second-order valence-electron chi connectivity index (χ2n) is 11.0. The van der Waals surface area contributed by atoms with E-state index in [-0.39, 0.29) is 29.7 Å². The van der Waals surface area contributed by atoms with E-state index >= 15 is 0 Å². The average molecular weight is 497 g/mol. The van der Waals surface area contributed by atoms with Crippen LogP contribution in [0.2, 0.25) is 0 Å². The minimum atomic E-state index is -1.11. The van der Waals surface area contributed by atoms with Gasteiger partial charge in [0.1, 0.15) is 11.9 Å². The Hall–Kier alpha value is -2.84. The number of anilines is 1. The van der Waals surface area contributed by atoms with E-state index in [2.05, 4.69) is 36.4 Å². The lowest BCUT2D eigenvalue weighted by Gasteiger charge is -2.35. The number of amides is 2. The normalized spacial score (nSPS) is 21.7. The SMILES string of the molecule is CC(C)(C)c1ccc(N(C(=O)C2CC(O)CN2)C(C(=O)NC2CCCCC2)c2cncc(F)c2)cc1. The lowest BCUT2D eigenvalue weighted by molar-refractivity contribution is -0.128. The van der Waals surface area contributed by atoms with Crippen LogP contribution in [-0.2, 0) is 15.0 Å². The first-order valence-electron chi connectivity index (χ1n) is 12.9. The fourth-order valence-electron chi connectivity index (χ4n) is 5.12. The lowest BCUT2D eigenvalue weighted by atomic mass is 9.87. The molecule has 7 nitrogen and oxygen atoms in total. The van der Waals surface area contributed by atoms with Gasteiger partial charge in [-0.3, -0.25) is 19.5 Å². The fourth-order valence-corrected chi connectivity index (χ4v) is 5.12. The third-order valence-electron chi connectivity index (χ3n) is 7.15. The molecule has 1 aromatic carbocycles. The molecular formula is C28H37FN4O3. The van der Waals surface area contributed by atoms with E-state index in [9.17, 15) is 19.1 Å². The molecule has 2 aromatic rings. The van der Waals surface area contributed by atoms with Crippen LogP contribution in [0.1, 0.15) is 76.5 Å². The third-order valence-corrected chi connectivity index (χ3v) is 7.15. The van der Waals surface area contributed by atoms with Crippen molar-refractivity contribution in [1.82, 2.24) is 15.6 Å². The predicted molar refractivity (Wildman–Crippen MR) is 137 cm³/mol. The first-order chi connectivity index (χ1) is 17.1. The van der Waals surface area contributed by atoms with Crippen molar-refractivity contribution in [3.63, 3.8) is 0 Å². The number of carbonyl (C=O) groups excluding carboxylic acids is 2. The zero-order valence-electron chi connectivity index (χ0n) is 21.3. The summed E-state index contributed by atoms with van der Waals surface area (Å²) >= 11 is 0. The van der Waals surface area contributed by atoms with Crippen molar-refractivity contribution in [2.24, 2.45) is 0 Å². The number of aromatic nitrogens is 1. The number of pyridine rings is 1. The lowest BCUT2D eigenvalue weighted by Crippen LogP contribution is -2.51. The molecule has 36 heavy (non-hydrogen) atoms. The molecular weight excluding hydrogens is 459 g/mol. The summed E-state index contributed by atoms with van der Waals surface area (Å²) < 4.78 is 14.3. The minimum Gasteiger partial charge on any atom is -0.392 e. The van der Waals surface area contributed by atoms with Crippen molar-refractivity contribution in [3.05, 3.63) is 59.7 Å². The predicted octanol–water partition coefficient (Wildman–Crippen LogP) is 3.76. The van der Waals surface area contributed by atoms with Gasteiger partial charge >= 0.3 is 0 Å². The number of nitrogens with zero attached hydrogens (tertiary/aromatic N) is 2. The van der Waals surface area contributed by atoms with Crippen LogP contribution in [0.5, 0.6) is 0 Å². The van der Waals surface area contributed by atoms with Crippen molar-refractivity contribution in [2.75, 3.05) is 11.4 Å². The minimum absolute atomic E-state index is 0.0157. The number of carbonyl (C=O) groups is 2. The molecule has 0 radical (unpaired) electrons. The van der Waals surface area contributed by atoms with Crippen LogP contribution in [0.25, 0.3) is 0 Å². The molecule has 194 valence electrons. The van der Waals surface area contributed by atoms with Gasteiger partial charge in [0, 0.05) is 30.0 Å². The molecule has 3 atom stereocenters. The Labute approximate surface area is 212 Å². The Bertz CT molecular complexity index is 1060. The number of halogens is 1. The van der Waals surface area contributed by atoms with Crippen LogP contribution in [0, 0.1) is 5.82 Å². The highest BCUT2D eigenvalue weighted by atomic mass is 19.1. The summed E-state index contributed by atoms with van der Waals surface area (Å²) in [6, 6.07) is 7.07. The number of aliphatic hydroxyl groups is 1. The van der Waals surface area contributed by atoms with Crippen LogP contribution in [0.15, 0.2) is 42.7 Å². The van der Waals surface area contributed by atoms with Gasteiger partial charge in [0.05, 0.1) is 18.3 Å². The van der Waals surface area contributed by atoms with Crippen LogP contribution in [-0.4, -0.2) is 46.6 Å². The van der Waals surface area contributed by atoms with Gasteiger partial charge in [-0.2, -0.15) is 0 Å². The molecule has 2 aliphatic rings. The Morgan fingerprint density at radius 3 is 2.42 bits per heavy atom. The molecule has 3 unspecified atom stereocenters. The number of benzene rings is 1. The molecule has 1 saturated carbocycles. The van der Waals surface area contributed by atoms with E-state index in [4.69, 9.17) is 0 Å². The molecule has 0 bridgehead atoms. The van der Waals surface area contributed by atoms with Gasteiger partial charge in [0.25, 0.3) is 0 Å². The highest BCUT2D eigenvalue weighted by Crippen LogP contribution is 2.32. The fraction of sp³-hybridized carbons (Fsp3) is 0.536. The highest BCUT2D eigenvalue weighted by molar-refractivity contribution is 6.04. The second-order valence-corrected chi connectivity index (χ2v) is 11.0. The smallest absolute Gasteiger partial charge is 0.248 e. The first kappa shape index (κ1) is 26.2. The summed E-state index contributed by atoms with van der Waals surface area (Å²) in [7, 11) is 0. The van der Waals surface area contributed by atoms with Gasteiger partial charge in [-0.15, -0.1) is 0 Å². The maximum absolute atomic E-state index is 14.3. The van der Waals surface area contributed by atoms with Gasteiger partial charge < -0.3 is 15.7 Å². The van der Waals surface area contributed by atoms with E-state index in [1.54, 1.807) is 0 Å². The number of hydrogen-bond acceptors (Lipinski definition) is 5. The summed E-state index contributed by atoms with van der Waals surface area (Å²) in [6.07, 6.45) is 7.10. The van der Waals surface area contributed by atoms with E-state index in [0.717, 1.165) is 43.9 Å². The molecule has 1 saturated heterocycles. The zero-order chi connectivity index (χ0) is 25.9. The summed E-state index contributed by atoms with van der Waals surface area (Å²) in [6.45, 7) is 6.61. The Kier molecular flexibility index (Phi) is 8.05. The summed E-state index contributed by atoms with van der Waals surface area (Å²) in [4.78, 5) is 33.2. The first-order valence-corrected chi connectivity index (χ1v) is 12.9. The standard InChI is InChI=1S/C28H37FN4O3/c1-28(2,3)19-9-11-22(12-10-19)33(27(36)24-14-23(34)17-31-24)25(18-13-20(29)16-30-15-18)26(35)32-21-7-5-4-6-8-21/h9-13,15-16,21,23-25,31,34H,4-8,14,17H2,1-3H3,(H,32,35). The number of rotatable bonds is 6. The molecule has 2 heterocycles. The molecule has 3 N–H and O–H groups in total. The summed E-state index contributed by atoms with van der Waals surface area (Å²) in [5, 5.41) is 16.3. The van der Waals surface area contributed by atoms with Gasteiger partial charge in [0.2, 0.25) is 11.8 Å². The molecule has 4 rings (SSSR count). The van der Waals surface area contributed by atoms with Gasteiger partial charge in [0.15, 0.2) is 0 Å². The van der Waals surface area contributed by atoms with Gasteiger partial charge in [-0.1, -0.05) is 52.2 Å². The van der Waals surface area contributed by atoms with Crippen LogP contribution in [0.3, 0.4) is 0 Å². The summed E-state index contributed by atoms with van der Waals surface area (Å²) in [5.41, 5.74) is 1.83. The van der Waals surface area contributed by atoms with Crippen LogP contribution >= 0.6 is 0 Å². The van der Waals surface area contributed by atoms with Crippen LogP contribution < -0.4 is 15.5 Å². The quantitative estimate of drug-likeness (QED) is 0.566. The maximum atomic E-state index is 14.3. The van der Waals surface area contributed by atoms with Crippen molar-refractivity contribution in [3.8, 4) is 0 Å². The topological polar surface area (TPSA) is 94.6 Å². The van der Waals surface area contributed by atoms with Gasteiger partial charge in [-0.05, 0) is 48.4 Å². The van der Waals surface area contributed by atoms with E-state index in [0.29, 0.717) is 17.8 Å². The Balaban J connectivity index is 1.77. The molecule has 2 fully saturated rings. The number of hydrogen-bond donors (Lipinski definition) is 3. The summed E-state index contributed by atoms with van der Waals surface area (Å²) in [5.74, 6) is -1.28. The maximum Gasteiger partial charge on any atom is 0.248 e. The molecule has 1 aromatic heterocycles. The van der Waals surface area contributed by atoms with Gasteiger partial charge in [-0.25, -0.2) is 4.39 Å². The van der Waals surface area contributed by atoms with E-state index < -0.39 is 24.0 Å². The average Bonchev–Trinajstić information content (AvgIpc) is 3.28. The van der Waals surface area contributed by atoms with Crippen molar-refractivity contribution in [2.45, 2.75) is 88.9 Å². The van der Waals surface area contributed by atoms with Crippen molar-refractivity contribution < 1.29 is 19.1 Å². The second kappa shape index (κ2) is 11.0. The third kappa shape index (κ3) is 6.10. The highest BCUT2D eigenvalue weighted by Gasteiger charge is 2.39. The number of β-amino-alcohol motifs (C(OH)–C–C–N with tert-alkyl or cyclic N) is 1. The largest absolute Gasteiger partial charge is 0.392 e. The van der Waals surface area contributed by atoms with E-state index in [1.165, 1.54) is 17.2 Å². The molecule has 8 heteroatoms. The number of aliphatic hydroxyl groups excluding tert-OH is 1. The van der Waals surface area contributed by atoms with Crippen LogP contribution in [0.4, 0.5) is 10.1 Å². The molecule has 1 aliphatic heterocycles. The monoisotopic (exact) mass is 496 g/mol. The molecule has 2 amide bonds. The molecule has 0 spiro atoms. The van der Waals surface area contributed by atoms with Crippen molar-refractivity contribution >= 4 is 17.5 Å². The Morgan fingerprint density at radius 1 is 1.14 bits per heavy atom.